The SMILES string of the molecule is CCC(Oc1ccc2c(c1)NC(=O)CC2)N(O)C(C)(C)C. The predicted molar refractivity (Wildman–Crippen MR) is 81.5 cm³/mol. The number of rotatable bonds is 4. The van der Waals surface area contributed by atoms with E-state index in [-0.39, 0.29) is 5.91 Å². The van der Waals surface area contributed by atoms with Crippen LogP contribution in [0.3, 0.4) is 0 Å². The van der Waals surface area contributed by atoms with Crippen LogP contribution >= 0.6 is 0 Å². The number of nitrogens with zero attached hydrogens (tertiary/aromatic N) is 1. The molecule has 21 heavy (non-hydrogen) atoms. The molecule has 5 nitrogen and oxygen atoms in total. The first-order valence-corrected chi connectivity index (χ1v) is 7.39. The predicted octanol–water partition coefficient (Wildman–Crippen LogP) is 3.18. The van der Waals surface area contributed by atoms with Gasteiger partial charge < -0.3 is 15.3 Å². The lowest BCUT2D eigenvalue weighted by Crippen LogP contribution is -2.48. The summed E-state index contributed by atoms with van der Waals surface area (Å²) in [6, 6.07) is 5.68. The lowest BCUT2D eigenvalue weighted by atomic mass is 10.0. The number of ether oxygens (including phenoxy) is 1. The number of nitrogens with one attached hydrogen (secondary N) is 1. The third-order valence-corrected chi connectivity index (χ3v) is 3.56. The van der Waals surface area contributed by atoms with Crippen LogP contribution in [0.5, 0.6) is 5.75 Å². The number of hydroxylamine groups is 2. The molecule has 0 saturated heterocycles. The van der Waals surface area contributed by atoms with Gasteiger partial charge in [-0.05, 0) is 45.2 Å². The van der Waals surface area contributed by atoms with Gasteiger partial charge in [0, 0.05) is 23.7 Å². The van der Waals surface area contributed by atoms with Gasteiger partial charge in [-0.1, -0.05) is 13.0 Å². The molecule has 0 aliphatic carbocycles. The van der Waals surface area contributed by atoms with E-state index in [1.54, 1.807) is 0 Å². The minimum absolute atomic E-state index is 0.0326. The highest BCUT2D eigenvalue weighted by Crippen LogP contribution is 2.29. The molecule has 1 atom stereocenters. The van der Waals surface area contributed by atoms with E-state index >= 15 is 0 Å². The molecule has 2 N–H and O–H groups in total. The molecular weight excluding hydrogens is 268 g/mol. The Hall–Kier alpha value is -1.59. The Morgan fingerprint density at radius 2 is 2.10 bits per heavy atom. The van der Waals surface area contributed by atoms with Crippen molar-refractivity contribution in [2.75, 3.05) is 5.32 Å². The second-order valence-electron chi connectivity index (χ2n) is 6.36. The van der Waals surface area contributed by atoms with Crippen molar-refractivity contribution >= 4 is 11.6 Å². The summed E-state index contributed by atoms with van der Waals surface area (Å²) < 4.78 is 5.88. The minimum Gasteiger partial charge on any atom is -0.473 e. The van der Waals surface area contributed by atoms with Gasteiger partial charge >= 0.3 is 0 Å². The second kappa shape index (κ2) is 6.03. The number of anilines is 1. The number of amides is 1. The zero-order chi connectivity index (χ0) is 15.6. The summed E-state index contributed by atoms with van der Waals surface area (Å²) in [5, 5.41) is 14.3. The fourth-order valence-electron chi connectivity index (χ4n) is 2.32. The quantitative estimate of drug-likeness (QED) is 0.661. The van der Waals surface area contributed by atoms with Crippen molar-refractivity contribution in [3.63, 3.8) is 0 Å². The van der Waals surface area contributed by atoms with Crippen molar-refractivity contribution in [3.05, 3.63) is 23.8 Å². The molecule has 1 unspecified atom stereocenters. The minimum atomic E-state index is -0.428. The third-order valence-electron chi connectivity index (χ3n) is 3.56. The van der Waals surface area contributed by atoms with Gasteiger partial charge in [-0.3, -0.25) is 4.79 Å². The molecule has 1 aromatic rings. The molecule has 0 saturated carbocycles. The number of aryl methyl sites for hydroxylation is 1. The average Bonchev–Trinajstić information content (AvgIpc) is 2.42. The molecule has 1 aromatic carbocycles. The zero-order valence-corrected chi connectivity index (χ0v) is 13.1. The van der Waals surface area contributed by atoms with Crippen molar-refractivity contribution in [2.24, 2.45) is 0 Å². The largest absolute Gasteiger partial charge is 0.473 e. The summed E-state index contributed by atoms with van der Waals surface area (Å²) in [6.45, 7) is 7.73. The van der Waals surface area contributed by atoms with Gasteiger partial charge in [0.05, 0.1) is 0 Å². The summed E-state index contributed by atoms with van der Waals surface area (Å²) in [5.74, 6) is 0.677. The Morgan fingerprint density at radius 3 is 2.71 bits per heavy atom. The summed E-state index contributed by atoms with van der Waals surface area (Å²) in [7, 11) is 0. The highest BCUT2D eigenvalue weighted by Gasteiger charge is 2.28. The third kappa shape index (κ3) is 3.74. The lowest BCUT2D eigenvalue weighted by molar-refractivity contribution is -0.235. The van der Waals surface area contributed by atoms with Gasteiger partial charge in [0.25, 0.3) is 0 Å². The Morgan fingerprint density at radius 1 is 1.38 bits per heavy atom. The summed E-state index contributed by atoms with van der Waals surface area (Å²) in [4.78, 5) is 11.5. The highest BCUT2D eigenvalue weighted by atomic mass is 16.6. The van der Waals surface area contributed by atoms with Crippen LogP contribution in [0, 0.1) is 0 Å². The van der Waals surface area contributed by atoms with Crippen molar-refractivity contribution in [3.8, 4) is 5.75 Å². The monoisotopic (exact) mass is 292 g/mol. The Balaban J connectivity index is 2.15. The second-order valence-corrected chi connectivity index (χ2v) is 6.36. The number of carbonyl (C=O) groups is 1. The molecule has 1 heterocycles. The first-order chi connectivity index (χ1) is 9.81. The van der Waals surface area contributed by atoms with Crippen LogP contribution in [0.2, 0.25) is 0 Å². The van der Waals surface area contributed by atoms with Crippen LogP contribution in [-0.4, -0.2) is 27.9 Å². The Labute approximate surface area is 125 Å². The van der Waals surface area contributed by atoms with Gasteiger partial charge in [-0.25, -0.2) is 0 Å². The van der Waals surface area contributed by atoms with Crippen LogP contribution in [0.1, 0.15) is 46.1 Å². The van der Waals surface area contributed by atoms with Gasteiger partial charge in [0.15, 0.2) is 6.23 Å². The lowest BCUT2D eigenvalue weighted by Gasteiger charge is -2.35. The molecule has 5 heteroatoms. The maximum Gasteiger partial charge on any atom is 0.224 e. The molecule has 1 aliphatic heterocycles. The first kappa shape index (κ1) is 15.8. The smallest absolute Gasteiger partial charge is 0.224 e. The fraction of sp³-hybridized carbons (Fsp3) is 0.562. The number of benzene rings is 1. The molecule has 116 valence electrons. The van der Waals surface area contributed by atoms with E-state index in [2.05, 4.69) is 5.32 Å². The molecule has 0 radical (unpaired) electrons. The Kier molecular flexibility index (Phi) is 4.54. The van der Waals surface area contributed by atoms with E-state index in [9.17, 15) is 10.0 Å². The molecule has 2 rings (SSSR count). The standard InChI is InChI=1S/C16H24N2O3/c1-5-15(18(20)16(2,3)4)21-12-8-6-11-7-9-14(19)17-13(11)10-12/h6,8,10,15,20H,5,7,9H2,1-4H3,(H,17,19). The summed E-state index contributed by atoms with van der Waals surface area (Å²) in [6.07, 6.45) is 1.51. The highest BCUT2D eigenvalue weighted by molar-refractivity contribution is 5.94. The molecule has 0 fully saturated rings. The number of hydrogen-bond acceptors (Lipinski definition) is 4. The van der Waals surface area contributed by atoms with E-state index in [0.29, 0.717) is 18.6 Å². The van der Waals surface area contributed by atoms with Crippen molar-refractivity contribution < 1.29 is 14.7 Å². The molecule has 1 aliphatic rings. The van der Waals surface area contributed by atoms with E-state index < -0.39 is 11.8 Å². The van der Waals surface area contributed by atoms with Crippen LogP contribution in [0.15, 0.2) is 18.2 Å². The van der Waals surface area contributed by atoms with Gasteiger partial charge in [-0.2, -0.15) is 0 Å². The topological polar surface area (TPSA) is 61.8 Å². The molecule has 0 bridgehead atoms. The molecular formula is C16H24N2O3. The van der Waals surface area contributed by atoms with E-state index in [1.165, 1.54) is 5.06 Å². The van der Waals surface area contributed by atoms with Gasteiger partial charge in [0.2, 0.25) is 5.91 Å². The van der Waals surface area contributed by atoms with E-state index in [4.69, 9.17) is 4.74 Å². The van der Waals surface area contributed by atoms with Crippen molar-refractivity contribution in [1.29, 1.82) is 0 Å². The molecule has 0 aromatic heterocycles. The van der Waals surface area contributed by atoms with Crippen LogP contribution in [0.25, 0.3) is 0 Å². The van der Waals surface area contributed by atoms with Crippen LogP contribution in [-0.2, 0) is 11.2 Å². The van der Waals surface area contributed by atoms with Crippen LogP contribution < -0.4 is 10.1 Å². The number of fused-ring (bicyclic) bond motifs is 1. The first-order valence-electron chi connectivity index (χ1n) is 7.39. The van der Waals surface area contributed by atoms with Gasteiger partial charge in [-0.15, -0.1) is 5.06 Å². The normalized spacial score (nSPS) is 16.4. The number of hydrogen-bond donors (Lipinski definition) is 2. The Bertz CT molecular complexity index is 523. The molecule has 0 spiro atoms. The van der Waals surface area contributed by atoms with Crippen LogP contribution in [0.4, 0.5) is 5.69 Å². The van der Waals surface area contributed by atoms with E-state index in [0.717, 1.165) is 17.7 Å². The summed E-state index contributed by atoms with van der Waals surface area (Å²) in [5.41, 5.74) is 1.52. The maximum atomic E-state index is 11.5. The average molecular weight is 292 g/mol. The zero-order valence-electron chi connectivity index (χ0n) is 13.1. The number of carbonyl (C=O) groups excluding carboxylic acids is 1. The fourth-order valence-corrected chi connectivity index (χ4v) is 2.32. The summed E-state index contributed by atoms with van der Waals surface area (Å²) >= 11 is 0. The van der Waals surface area contributed by atoms with Gasteiger partial charge in [0.1, 0.15) is 5.75 Å². The van der Waals surface area contributed by atoms with Crippen molar-refractivity contribution in [1.82, 2.24) is 5.06 Å². The molecule has 1 amide bonds. The van der Waals surface area contributed by atoms with E-state index in [1.807, 2.05) is 45.9 Å². The van der Waals surface area contributed by atoms with Crippen molar-refractivity contribution in [2.45, 2.75) is 58.7 Å². The maximum absolute atomic E-state index is 11.5.